The zero-order chi connectivity index (χ0) is 12.5. The molecular weight excluding hydrogens is 230 g/mol. The van der Waals surface area contributed by atoms with Crippen molar-refractivity contribution in [3.63, 3.8) is 0 Å². The van der Waals surface area contributed by atoms with Gasteiger partial charge in [-0.3, -0.25) is 0 Å². The van der Waals surface area contributed by atoms with Gasteiger partial charge in [-0.15, -0.1) is 11.3 Å². The van der Waals surface area contributed by atoms with Crippen LogP contribution in [0.2, 0.25) is 0 Å². The predicted octanol–water partition coefficient (Wildman–Crippen LogP) is 2.93. The Hall–Kier alpha value is -0.610. The third-order valence-electron chi connectivity index (χ3n) is 4.16. The number of hydrogen-bond acceptors (Lipinski definition) is 4. The SMILES string of the molecule is CCC1(C)CCN(c2nc(C)c(CN)s2)CC1. The summed E-state index contributed by atoms with van der Waals surface area (Å²) in [6.07, 6.45) is 3.84. The van der Waals surface area contributed by atoms with Gasteiger partial charge < -0.3 is 10.6 Å². The first-order chi connectivity index (χ1) is 8.08. The highest BCUT2D eigenvalue weighted by molar-refractivity contribution is 7.15. The van der Waals surface area contributed by atoms with E-state index in [9.17, 15) is 0 Å². The topological polar surface area (TPSA) is 42.2 Å². The Balaban J connectivity index is 2.05. The van der Waals surface area contributed by atoms with Gasteiger partial charge in [0.25, 0.3) is 0 Å². The zero-order valence-electron chi connectivity index (χ0n) is 11.1. The van der Waals surface area contributed by atoms with Crippen molar-refractivity contribution in [1.82, 2.24) is 4.98 Å². The van der Waals surface area contributed by atoms with Crippen LogP contribution < -0.4 is 10.6 Å². The molecule has 0 spiro atoms. The Morgan fingerprint density at radius 3 is 2.53 bits per heavy atom. The molecule has 1 fully saturated rings. The standard InChI is InChI=1S/C13H23N3S/c1-4-13(3)5-7-16(8-6-13)12-15-10(2)11(9-14)17-12/h4-9,14H2,1-3H3. The molecule has 4 heteroatoms. The monoisotopic (exact) mass is 253 g/mol. The maximum absolute atomic E-state index is 5.71. The van der Waals surface area contributed by atoms with Gasteiger partial charge in [0.2, 0.25) is 0 Å². The fraction of sp³-hybridized carbons (Fsp3) is 0.769. The van der Waals surface area contributed by atoms with E-state index in [1.54, 1.807) is 11.3 Å². The van der Waals surface area contributed by atoms with Crippen molar-refractivity contribution in [3.8, 4) is 0 Å². The van der Waals surface area contributed by atoms with E-state index < -0.39 is 0 Å². The summed E-state index contributed by atoms with van der Waals surface area (Å²) in [6, 6.07) is 0. The third kappa shape index (κ3) is 2.63. The molecule has 0 aliphatic carbocycles. The van der Waals surface area contributed by atoms with Crippen LogP contribution in [0.25, 0.3) is 0 Å². The van der Waals surface area contributed by atoms with Crippen molar-refractivity contribution in [1.29, 1.82) is 0 Å². The van der Waals surface area contributed by atoms with Crippen molar-refractivity contribution < 1.29 is 0 Å². The average Bonchev–Trinajstić information content (AvgIpc) is 2.71. The fourth-order valence-corrected chi connectivity index (χ4v) is 3.32. The number of rotatable bonds is 3. The van der Waals surface area contributed by atoms with Crippen LogP contribution in [0.15, 0.2) is 0 Å². The molecule has 0 amide bonds. The lowest BCUT2D eigenvalue weighted by Gasteiger charge is -2.38. The summed E-state index contributed by atoms with van der Waals surface area (Å²) in [5.74, 6) is 0. The number of piperidine rings is 1. The van der Waals surface area contributed by atoms with E-state index in [2.05, 4.69) is 30.7 Å². The summed E-state index contributed by atoms with van der Waals surface area (Å²) in [4.78, 5) is 8.29. The molecule has 0 saturated carbocycles. The van der Waals surface area contributed by atoms with Crippen LogP contribution in [0.5, 0.6) is 0 Å². The van der Waals surface area contributed by atoms with Crippen molar-refractivity contribution in [3.05, 3.63) is 10.6 Å². The number of nitrogens with zero attached hydrogens (tertiary/aromatic N) is 2. The Morgan fingerprint density at radius 2 is 2.06 bits per heavy atom. The fourth-order valence-electron chi connectivity index (χ4n) is 2.33. The number of nitrogens with two attached hydrogens (primary N) is 1. The van der Waals surface area contributed by atoms with Gasteiger partial charge in [0.1, 0.15) is 0 Å². The maximum Gasteiger partial charge on any atom is 0.185 e. The van der Waals surface area contributed by atoms with Crippen LogP contribution >= 0.6 is 11.3 Å². The molecule has 1 aromatic rings. The van der Waals surface area contributed by atoms with E-state index in [0.717, 1.165) is 18.8 Å². The molecule has 17 heavy (non-hydrogen) atoms. The van der Waals surface area contributed by atoms with E-state index in [1.807, 2.05) is 0 Å². The summed E-state index contributed by atoms with van der Waals surface area (Å²) < 4.78 is 0. The van der Waals surface area contributed by atoms with Gasteiger partial charge in [0.15, 0.2) is 5.13 Å². The summed E-state index contributed by atoms with van der Waals surface area (Å²) >= 11 is 1.76. The Bertz CT molecular complexity index is 378. The molecule has 1 saturated heterocycles. The molecule has 1 aliphatic heterocycles. The second kappa shape index (κ2) is 4.94. The van der Waals surface area contributed by atoms with E-state index in [4.69, 9.17) is 5.73 Å². The van der Waals surface area contributed by atoms with Crippen LogP contribution in [0.4, 0.5) is 5.13 Å². The van der Waals surface area contributed by atoms with Gasteiger partial charge in [0, 0.05) is 24.5 Å². The minimum Gasteiger partial charge on any atom is -0.348 e. The molecule has 96 valence electrons. The van der Waals surface area contributed by atoms with Gasteiger partial charge in [-0.1, -0.05) is 20.3 Å². The van der Waals surface area contributed by atoms with Gasteiger partial charge in [-0.25, -0.2) is 4.98 Å². The Labute approximate surface area is 108 Å². The quantitative estimate of drug-likeness (QED) is 0.900. The van der Waals surface area contributed by atoms with Crippen molar-refractivity contribution in [2.24, 2.45) is 11.1 Å². The largest absolute Gasteiger partial charge is 0.348 e. The first-order valence-corrected chi connectivity index (χ1v) is 7.31. The summed E-state index contributed by atoms with van der Waals surface area (Å²) in [7, 11) is 0. The van der Waals surface area contributed by atoms with E-state index >= 15 is 0 Å². The Kier molecular flexibility index (Phi) is 3.73. The zero-order valence-corrected chi connectivity index (χ0v) is 11.9. The third-order valence-corrected chi connectivity index (χ3v) is 5.40. The van der Waals surface area contributed by atoms with Gasteiger partial charge in [-0.05, 0) is 25.2 Å². The summed E-state index contributed by atoms with van der Waals surface area (Å²) in [5, 5.41) is 1.17. The van der Waals surface area contributed by atoms with Crippen molar-refractivity contribution in [2.45, 2.75) is 46.6 Å². The Morgan fingerprint density at radius 1 is 1.41 bits per heavy atom. The minimum absolute atomic E-state index is 0.541. The van der Waals surface area contributed by atoms with Gasteiger partial charge >= 0.3 is 0 Å². The molecule has 2 N–H and O–H groups in total. The predicted molar refractivity (Wildman–Crippen MR) is 74.6 cm³/mol. The lowest BCUT2D eigenvalue weighted by atomic mass is 9.78. The van der Waals surface area contributed by atoms with Crippen LogP contribution in [0.1, 0.15) is 43.7 Å². The van der Waals surface area contributed by atoms with E-state index in [1.165, 1.54) is 29.3 Å². The van der Waals surface area contributed by atoms with Crippen LogP contribution in [-0.2, 0) is 6.54 Å². The van der Waals surface area contributed by atoms with E-state index in [0.29, 0.717) is 12.0 Å². The van der Waals surface area contributed by atoms with Crippen molar-refractivity contribution >= 4 is 16.5 Å². The molecule has 2 rings (SSSR count). The summed E-state index contributed by atoms with van der Waals surface area (Å²) in [5.41, 5.74) is 7.36. The van der Waals surface area contributed by atoms with Crippen LogP contribution in [0.3, 0.4) is 0 Å². The molecule has 0 atom stereocenters. The number of hydrogen-bond donors (Lipinski definition) is 1. The second-order valence-corrected chi connectivity index (χ2v) is 6.42. The number of aryl methyl sites for hydroxylation is 1. The molecule has 3 nitrogen and oxygen atoms in total. The molecule has 0 radical (unpaired) electrons. The highest BCUT2D eigenvalue weighted by Gasteiger charge is 2.29. The van der Waals surface area contributed by atoms with Gasteiger partial charge in [0.05, 0.1) is 5.69 Å². The van der Waals surface area contributed by atoms with Crippen molar-refractivity contribution in [2.75, 3.05) is 18.0 Å². The smallest absolute Gasteiger partial charge is 0.185 e. The molecule has 0 unspecified atom stereocenters. The number of aromatic nitrogens is 1. The maximum atomic E-state index is 5.71. The first-order valence-electron chi connectivity index (χ1n) is 6.49. The van der Waals surface area contributed by atoms with Crippen LogP contribution in [0, 0.1) is 12.3 Å². The molecule has 0 bridgehead atoms. The lowest BCUT2D eigenvalue weighted by molar-refractivity contribution is 0.238. The van der Waals surface area contributed by atoms with E-state index in [-0.39, 0.29) is 0 Å². The highest BCUT2D eigenvalue weighted by Crippen LogP contribution is 2.37. The second-order valence-electron chi connectivity index (χ2n) is 5.36. The molecule has 1 aliphatic rings. The minimum atomic E-state index is 0.541. The average molecular weight is 253 g/mol. The summed E-state index contributed by atoms with van der Waals surface area (Å²) in [6.45, 7) is 9.66. The lowest BCUT2D eigenvalue weighted by Crippen LogP contribution is -2.38. The molecular formula is C13H23N3S. The molecule has 2 heterocycles. The molecule has 0 aromatic carbocycles. The number of anilines is 1. The normalized spacial score (nSPS) is 19.6. The van der Waals surface area contributed by atoms with Crippen LogP contribution in [-0.4, -0.2) is 18.1 Å². The first kappa shape index (κ1) is 12.8. The highest BCUT2D eigenvalue weighted by atomic mass is 32.1. The number of thiazole rings is 1. The molecule has 1 aromatic heterocycles. The van der Waals surface area contributed by atoms with Gasteiger partial charge in [-0.2, -0.15) is 0 Å².